The molecule has 2 amide bonds. The summed E-state index contributed by atoms with van der Waals surface area (Å²) in [6, 6.07) is -0.349. The number of methoxy groups -OCH3 is 1. The van der Waals surface area contributed by atoms with Gasteiger partial charge in [-0.25, -0.2) is 0 Å². The first-order valence-electron chi connectivity index (χ1n) is 5.76. The SMILES string of the molecule is CCC1NC(=O)CCN(CCCOC)C1=O. The van der Waals surface area contributed by atoms with Crippen LogP contribution in [0.25, 0.3) is 0 Å². The Bertz CT molecular complexity index is 256. The molecule has 1 fully saturated rings. The molecule has 0 saturated carbocycles. The summed E-state index contributed by atoms with van der Waals surface area (Å²) in [5.41, 5.74) is 0. The molecule has 0 spiro atoms. The molecule has 1 rings (SSSR count). The third-order valence-electron chi connectivity index (χ3n) is 2.74. The van der Waals surface area contributed by atoms with Gasteiger partial charge in [-0.3, -0.25) is 9.59 Å². The van der Waals surface area contributed by atoms with Crippen LogP contribution >= 0.6 is 0 Å². The fraction of sp³-hybridized carbons (Fsp3) is 0.818. The lowest BCUT2D eigenvalue weighted by Crippen LogP contribution is -2.44. The first-order chi connectivity index (χ1) is 7.69. The van der Waals surface area contributed by atoms with Crippen LogP contribution in [0.15, 0.2) is 0 Å². The summed E-state index contributed by atoms with van der Waals surface area (Å²) in [7, 11) is 1.64. The topological polar surface area (TPSA) is 58.6 Å². The maximum Gasteiger partial charge on any atom is 0.245 e. The normalized spacial score (nSPS) is 21.9. The summed E-state index contributed by atoms with van der Waals surface area (Å²) >= 11 is 0. The van der Waals surface area contributed by atoms with Gasteiger partial charge in [0.2, 0.25) is 11.8 Å². The minimum Gasteiger partial charge on any atom is -0.385 e. The van der Waals surface area contributed by atoms with Crippen LogP contribution in [0.4, 0.5) is 0 Å². The number of nitrogens with one attached hydrogen (secondary N) is 1. The highest BCUT2D eigenvalue weighted by atomic mass is 16.5. The lowest BCUT2D eigenvalue weighted by Gasteiger charge is -2.23. The van der Waals surface area contributed by atoms with E-state index in [1.807, 2.05) is 6.92 Å². The average molecular weight is 228 g/mol. The second-order valence-electron chi connectivity index (χ2n) is 3.95. The summed E-state index contributed by atoms with van der Waals surface area (Å²) in [6.45, 7) is 3.73. The Morgan fingerprint density at radius 3 is 2.88 bits per heavy atom. The van der Waals surface area contributed by atoms with Crippen LogP contribution in [-0.4, -0.2) is 49.6 Å². The van der Waals surface area contributed by atoms with Crippen LogP contribution in [0.3, 0.4) is 0 Å². The summed E-state index contributed by atoms with van der Waals surface area (Å²) in [6.07, 6.45) is 1.85. The Kier molecular flexibility index (Phi) is 5.25. The molecule has 0 aromatic carbocycles. The van der Waals surface area contributed by atoms with Crippen LogP contribution in [0.2, 0.25) is 0 Å². The van der Waals surface area contributed by atoms with E-state index < -0.39 is 0 Å². The summed E-state index contributed by atoms with van der Waals surface area (Å²) in [5.74, 6) is -0.00102. The molecule has 92 valence electrons. The van der Waals surface area contributed by atoms with Crippen molar-refractivity contribution in [2.75, 3.05) is 26.8 Å². The average Bonchev–Trinajstić information content (AvgIpc) is 2.41. The van der Waals surface area contributed by atoms with E-state index in [0.717, 1.165) is 6.42 Å². The predicted molar refractivity (Wildman–Crippen MR) is 59.9 cm³/mol. The standard InChI is InChI=1S/C11H20N2O3/c1-3-9-11(15)13(6-4-8-16-2)7-5-10(14)12-9/h9H,3-8H2,1-2H3,(H,12,14). The number of hydrogen-bond donors (Lipinski definition) is 1. The third-order valence-corrected chi connectivity index (χ3v) is 2.74. The quantitative estimate of drug-likeness (QED) is 0.681. The third kappa shape index (κ3) is 3.48. The van der Waals surface area contributed by atoms with Gasteiger partial charge in [-0.1, -0.05) is 6.92 Å². The molecule has 0 aromatic rings. The zero-order valence-electron chi connectivity index (χ0n) is 9.99. The number of nitrogens with zero attached hydrogens (tertiary/aromatic N) is 1. The maximum atomic E-state index is 12.0. The molecule has 1 unspecified atom stereocenters. The number of amides is 2. The van der Waals surface area contributed by atoms with Crippen molar-refractivity contribution in [3.8, 4) is 0 Å². The minimum atomic E-state index is -0.349. The zero-order chi connectivity index (χ0) is 12.0. The Morgan fingerprint density at radius 1 is 1.50 bits per heavy atom. The Hall–Kier alpha value is -1.10. The molecular weight excluding hydrogens is 208 g/mol. The van der Waals surface area contributed by atoms with E-state index in [-0.39, 0.29) is 17.9 Å². The van der Waals surface area contributed by atoms with Crippen LogP contribution in [0.1, 0.15) is 26.2 Å². The van der Waals surface area contributed by atoms with Gasteiger partial charge in [-0.2, -0.15) is 0 Å². The fourth-order valence-electron chi connectivity index (χ4n) is 1.79. The van der Waals surface area contributed by atoms with Gasteiger partial charge in [0.05, 0.1) is 0 Å². The number of hydrogen-bond acceptors (Lipinski definition) is 3. The predicted octanol–water partition coefficient (Wildman–Crippen LogP) is 0.150. The highest BCUT2D eigenvalue weighted by Crippen LogP contribution is 2.07. The lowest BCUT2D eigenvalue weighted by molar-refractivity contribution is -0.133. The van der Waals surface area contributed by atoms with Crippen molar-refractivity contribution in [1.82, 2.24) is 10.2 Å². The van der Waals surface area contributed by atoms with Gasteiger partial charge in [0.25, 0.3) is 0 Å². The zero-order valence-corrected chi connectivity index (χ0v) is 9.99. The number of carbonyl (C=O) groups is 2. The molecule has 0 aliphatic carbocycles. The van der Waals surface area contributed by atoms with Gasteiger partial charge in [0, 0.05) is 33.2 Å². The molecule has 0 aromatic heterocycles. The molecule has 1 heterocycles. The van der Waals surface area contributed by atoms with Crippen molar-refractivity contribution in [2.45, 2.75) is 32.2 Å². The molecule has 1 N–H and O–H groups in total. The second-order valence-corrected chi connectivity index (χ2v) is 3.95. The van der Waals surface area contributed by atoms with Crippen molar-refractivity contribution in [2.24, 2.45) is 0 Å². The van der Waals surface area contributed by atoms with Crippen molar-refractivity contribution in [1.29, 1.82) is 0 Å². The fourth-order valence-corrected chi connectivity index (χ4v) is 1.79. The molecule has 0 bridgehead atoms. The highest BCUT2D eigenvalue weighted by Gasteiger charge is 2.27. The summed E-state index contributed by atoms with van der Waals surface area (Å²) in [5, 5.41) is 2.74. The Balaban J connectivity index is 2.54. The Labute approximate surface area is 96.1 Å². The van der Waals surface area contributed by atoms with Crippen LogP contribution in [0, 0.1) is 0 Å². The Morgan fingerprint density at radius 2 is 2.25 bits per heavy atom. The molecule has 0 radical (unpaired) electrons. The van der Waals surface area contributed by atoms with Crippen molar-refractivity contribution in [3.63, 3.8) is 0 Å². The van der Waals surface area contributed by atoms with Crippen LogP contribution < -0.4 is 5.32 Å². The molecule has 16 heavy (non-hydrogen) atoms. The molecular formula is C11H20N2O3. The number of carbonyl (C=O) groups excluding carboxylic acids is 2. The van der Waals surface area contributed by atoms with Gasteiger partial charge in [0.15, 0.2) is 0 Å². The van der Waals surface area contributed by atoms with E-state index in [9.17, 15) is 9.59 Å². The van der Waals surface area contributed by atoms with Gasteiger partial charge in [-0.05, 0) is 12.8 Å². The molecule has 1 atom stereocenters. The summed E-state index contributed by atoms with van der Waals surface area (Å²) < 4.78 is 4.95. The smallest absolute Gasteiger partial charge is 0.245 e. The van der Waals surface area contributed by atoms with E-state index in [0.29, 0.717) is 32.5 Å². The molecule has 1 aliphatic heterocycles. The van der Waals surface area contributed by atoms with E-state index >= 15 is 0 Å². The van der Waals surface area contributed by atoms with Crippen molar-refractivity contribution in [3.05, 3.63) is 0 Å². The first kappa shape index (κ1) is 13.0. The first-order valence-corrected chi connectivity index (χ1v) is 5.76. The van der Waals surface area contributed by atoms with Crippen LogP contribution in [0.5, 0.6) is 0 Å². The largest absolute Gasteiger partial charge is 0.385 e. The number of ether oxygens (including phenoxy) is 1. The van der Waals surface area contributed by atoms with E-state index in [1.54, 1.807) is 12.0 Å². The highest BCUT2D eigenvalue weighted by molar-refractivity contribution is 5.89. The van der Waals surface area contributed by atoms with Crippen molar-refractivity contribution >= 4 is 11.8 Å². The summed E-state index contributed by atoms with van der Waals surface area (Å²) in [4.78, 5) is 25.1. The maximum absolute atomic E-state index is 12.0. The molecule has 1 aliphatic rings. The molecule has 5 nitrogen and oxygen atoms in total. The van der Waals surface area contributed by atoms with Gasteiger partial charge < -0.3 is 15.0 Å². The van der Waals surface area contributed by atoms with Gasteiger partial charge >= 0.3 is 0 Å². The minimum absolute atomic E-state index is 0.0319. The lowest BCUT2D eigenvalue weighted by atomic mass is 10.2. The monoisotopic (exact) mass is 228 g/mol. The molecule has 1 saturated heterocycles. The van der Waals surface area contributed by atoms with Gasteiger partial charge in [0.1, 0.15) is 6.04 Å². The van der Waals surface area contributed by atoms with Gasteiger partial charge in [-0.15, -0.1) is 0 Å². The second kappa shape index (κ2) is 6.48. The van der Waals surface area contributed by atoms with E-state index in [2.05, 4.69) is 5.32 Å². The molecule has 5 heteroatoms. The van der Waals surface area contributed by atoms with Crippen LogP contribution in [-0.2, 0) is 14.3 Å². The van der Waals surface area contributed by atoms with E-state index in [1.165, 1.54) is 0 Å². The van der Waals surface area contributed by atoms with Crippen molar-refractivity contribution < 1.29 is 14.3 Å². The number of rotatable bonds is 5. The van der Waals surface area contributed by atoms with E-state index in [4.69, 9.17) is 4.74 Å².